The zero-order valence-electron chi connectivity index (χ0n) is 6.41. The van der Waals surface area contributed by atoms with E-state index in [1.807, 2.05) is 0 Å². The summed E-state index contributed by atoms with van der Waals surface area (Å²) in [5.41, 5.74) is 0.509. The van der Waals surface area contributed by atoms with Crippen LogP contribution in [0.25, 0.3) is 10.5 Å². The average molecular weight is 281 g/mol. The molecular formula is C6H3BrClN3OS. The Morgan fingerprint density at radius 3 is 2.85 bits per heavy atom. The van der Waals surface area contributed by atoms with E-state index >= 15 is 0 Å². The number of thiazole rings is 1. The number of methoxy groups -OCH3 is 1. The maximum Gasteiger partial charge on any atom is 0.249 e. The van der Waals surface area contributed by atoms with Gasteiger partial charge in [-0.2, -0.15) is 4.98 Å². The molecule has 0 unspecified atom stereocenters. The van der Waals surface area contributed by atoms with Crippen molar-refractivity contribution in [3.63, 3.8) is 0 Å². The first-order valence-corrected chi connectivity index (χ1v) is 5.23. The first-order valence-electron chi connectivity index (χ1n) is 3.24. The molecule has 2 heterocycles. The standard InChI is InChI=1S/C6H3BrClN3OS/c1-12-4-2(7)9-5-3(10-4)11-6(8)13-5/h1H3. The minimum Gasteiger partial charge on any atom is -0.479 e. The highest BCUT2D eigenvalue weighted by Gasteiger charge is 2.10. The average Bonchev–Trinajstić information content (AvgIpc) is 2.42. The van der Waals surface area contributed by atoms with Gasteiger partial charge in [0.15, 0.2) is 19.5 Å². The molecule has 0 radical (unpaired) electrons. The predicted molar refractivity (Wildman–Crippen MR) is 54.5 cm³/mol. The molecule has 0 saturated heterocycles. The number of nitrogens with zero attached hydrogens (tertiary/aromatic N) is 3. The molecule has 68 valence electrons. The second-order valence-electron chi connectivity index (χ2n) is 2.12. The minimum atomic E-state index is 0.412. The highest BCUT2D eigenvalue weighted by Crippen LogP contribution is 2.28. The van der Waals surface area contributed by atoms with E-state index in [2.05, 4.69) is 30.9 Å². The van der Waals surface area contributed by atoms with E-state index in [0.717, 1.165) is 0 Å². The molecule has 0 spiro atoms. The second-order valence-corrected chi connectivity index (χ2v) is 4.43. The molecule has 2 aromatic heterocycles. The van der Waals surface area contributed by atoms with Crippen LogP contribution >= 0.6 is 38.9 Å². The number of fused-ring (bicyclic) bond motifs is 1. The van der Waals surface area contributed by atoms with E-state index in [9.17, 15) is 0 Å². The lowest BCUT2D eigenvalue weighted by molar-refractivity contribution is 0.394. The zero-order chi connectivity index (χ0) is 9.42. The van der Waals surface area contributed by atoms with Gasteiger partial charge in [-0.05, 0) is 15.9 Å². The summed E-state index contributed by atoms with van der Waals surface area (Å²) in [4.78, 5) is 12.9. The van der Waals surface area contributed by atoms with E-state index in [1.54, 1.807) is 0 Å². The Labute approximate surface area is 91.1 Å². The molecule has 13 heavy (non-hydrogen) atoms. The number of aromatic nitrogens is 3. The summed E-state index contributed by atoms with van der Waals surface area (Å²) in [6.07, 6.45) is 0. The summed E-state index contributed by atoms with van der Waals surface area (Å²) in [5.74, 6) is 0.412. The van der Waals surface area contributed by atoms with E-state index in [0.29, 0.717) is 25.4 Å². The van der Waals surface area contributed by atoms with Crippen molar-refractivity contribution >= 4 is 49.3 Å². The van der Waals surface area contributed by atoms with Crippen molar-refractivity contribution < 1.29 is 4.74 Å². The van der Waals surface area contributed by atoms with Crippen molar-refractivity contribution in [2.24, 2.45) is 0 Å². The summed E-state index contributed by atoms with van der Waals surface area (Å²) < 4.78 is 5.95. The van der Waals surface area contributed by atoms with Gasteiger partial charge in [-0.15, -0.1) is 0 Å². The molecule has 0 aliphatic rings. The number of hydrogen-bond acceptors (Lipinski definition) is 5. The van der Waals surface area contributed by atoms with Gasteiger partial charge in [0.2, 0.25) is 5.88 Å². The maximum absolute atomic E-state index is 5.70. The Hall–Kier alpha value is -0.460. The first-order chi connectivity index (χ1) is 6.20. The molecule has 0 fully saturated rings. The lowest BCUT2D eigenvalue weighted by atomic mass is 10.7. The van der Waals surface area contributed by atoms with Gasteiger partial charge in [0, 0.05) is 0 Å². The molecule has 0 bridgehead atoms. The molecule has 2 rings (SSSR count). The molecule has 0 atom stereocenters. The Balaban J connectivity index is 2.72. The SMILES string of the molecule is COc1nc2nc(Cl)sc2nc1Br. The monoisotopic (exact) mass is 279 g/mol. The quantitative estimate of drug-likeness (QED) is 0.805. The van der Waals surface area contributed by atoms with Crippen LogP contribution in [0.4, 0.5) is 0 Å². The summed E-state index contributed by atoms with van der Waals surface area (Å²) in [7, 11) is 1.52. The van der Waals surface area contributed by atoms with Crippen LogP contribution in [0, 0.1) is 0 Å². The molecule has 4 nitrogen and oxygen atoms in total. The van der Waals surface area contributed by atoms with Gasteiger partial charge in [0.05, 0.1) is 7.11 Å². The van der Waals surface area contributed by atoms with Crippen LogP contribution in [0.2, 0.25) is 4.47 Å². The lowest BCUT2D eigenvalue weighted by Gasteiger charge is -1.98. The van der Waals surface area contributed by atoms with Gasteiger partial charge in [0.25, 0.3) is 0 Å². The van der Waals surface area contributed by atoms with E-state index in [4.69, 9.17) is 16.3 Å². The fourth-order valence-electron chi connectivity index (χ4n) is 0.834. The minimum absolute atomic E-state index is 0.412. The summed E-state index contributed by atoms with van der Waals surface area (Å²) >= 11 is 10.2. The largest absolute Gasteiger partial charge is 0.479 e. The molecule has 0 aliphatic carbocycles. The van der Waals surface area contributed by atoms with Crippen molar-refractivity contribution in [2.75, 3.05) is 7.11 Å². The zero-order valence-corrected chi connectivity index (χ0v) is 9.57. The van der Waals surface area contributed by atoms with Gasteiger partial charge < -0.3 is 4.74 Å². The third-order valence-corrected chi connectivity index (χ3v) is 2.90. The fraction of sp³-hybridized carbons (Fsp3) is 0.167. The summed E-state index contributed by atoms with van der Waals surface area (Å²) in [6.45, 7) is 0. The van der Waals surface area contributed by atoms with Crippen LogP contribution in [-0.2, 0) is 0 Å². The number of hydrogen-bond donors (Lipinski definition) is 0. The van der Waals surface area contributed by atoms with Crippen molar-refractivity contribution in [3.05, 3.63) is 9.07 Å². The molecular weight excluding hydrogens is 278 g/mol. The fourth-order valence-corrected chi connectivity index (χ4v) is 2.29. The predicted octanol–water partition coefficient (Wildman–Crippen LogP) is 2.51. The molecule has 0 saturated carbocycles. The molecule has 2 aromatic rings. The Kier molecular flexibility index (Phi) is 2.35. The second kappa shape index (κ2) is 3.36. The van der Waals surface area contributed by atoms with Gasteiger partial charge in [0.1, 0.15) is 0 Å². The molecule has 7 heteroatoms. The van der Waals surface area contributed by atoms with Crippen LogP contribution in [0.3, 0.4) is 0 Å². The Bertz CT molecular complexity index is 460. The molecule has 0 N–H and O–H groups in total. The lowest BCUT2D eigenvalue weighted by Crippen LogP contribution is -1.91. The maximum atomic E-state index is 5.70. The Morgan fingerprint density at radius 2 is 2.15 bits per heavy atom. The van der Waals surface area contributed by atoms with E-state index < -0.39 is 0 Å². The third-order valence-electron chi connectivity index (χ3n) is 1.34. The Morgan fingerprint density at radius 1 is 1.38 bits per heavy atom. The normalized spacial score (nSPS) is 10.7. The first kappa shape index (κ1) is 9.11. The number of ether oxygens (including phenoxy) is 1. The topological polar surface area (TPSA) is 47.9 Å². The smallest absolute Gasteiger partial charge is 0.249 e. The van der Waals surface area contributed by atoms with Crippen molar-refractivity contribution in [1.82, 2.24) is 15.0 Å². The molecule has 0 aromatic carbocycles. The van der Waals surface area contributed by atoms with Crippen LogP contribution in [0.1, 0.15) is 0 Å². The summed E-state index contributed by atoms with van der Waals surface area (Å²) in [5, 5.41) is 0. The number of halogens is 2. The van der Waals surface area contributed by atoms with Crippen LogP contribution < -0.4 is 4.74 Å². The highest BCUT2D eigenvalue weighted by atomic mass is 79.9. The van der Waals surface area contributed by atoms with Gasteiger partial charge >= 0.3 is 0 Å². The number of rotatable bonds is 1. The third kappa shape index (κ3) is 1.61. The van der Waals surface area contributed by atoms with Gasteiger partial charge in [-0.1, -0.05) is 22.9 Å². The van der Waals surface area contributed by atoms with E-state index in [-0.39, 0.29) is 0 Å². The van der Waals surface area contributed by atoms with Crippen LogP contribution in [0.15, 0.2) is 4.60 Å². The van der Waals surface area contributed by atoms with Gasteiger partial charge in [-0.3, -0.25) is 0 Å². The molecule has 0 aliphatic heterocycles. The van der Waals surface area contributed by atoms with Crippen molar-refractivity contribution in [2.45, 2.75) is 0 Å². The van der Waals surface area contributed by atoms with Crippen LogP contribution in [0.5, 0.6) is 5.88 Å². The van der Waals surface area contributed by atoms with Crippen molar-refractivity contribution in [1.29, 1.82) is 0 Å². The van der Waals surface area contributed by atoms with Gasteiger partial charge in [-0.25, -0.2) is 9.97 Å². The summed E-state index contributed by atoms with van der Waals surface area (Å²) in [6, 6.07) is 0. The highest BCUT2D eigenvalue weighted by molar-refractivity contribution is 9.10. The van der Waals surface area contributed by atoms with Crippen molar-refractivity contribution in [3.8, 4) is 5.88 Å². The molecule has 0 amide bonds. The van der Waals surface area contributed by atoms with E-state index in [1.165, 1.54) is 18.4 Å². The van der Waals surface area contributed by atoms with Crippen LogP contribution in [-0.4, -0.2) is 22.1 Å².